The lowest BCUT2D eigenvalue weighted by Crippen LogP contribution is -2.00. The van der Waals surface area contributed by atoms with E-state index in [1.165, 1.54) is 17.0 Å². The largest absolute Gasteiger partial charge is 0.334 e. The third-order valence-electron chi connectivity index (χ3n) is 2.28. The van der Waals surface area contributed by atoms with Crippen molar-refractivity contribution in [2.75, 3.05) is 0 Å². The van der Waals surface area contributed by atoms with Gasteiger partial charge in [-0.05, 0) is 6.07 Å². The summed E-state index contributed by atoms with van der Waals surface area (Å²) in [7, 11) is 1.58. The molecule has 1 aromatic heterocycles. The van der Waals surface area contributed by atoms with Crippen molar-refractivity contribution in [1.29, 1.82) is 0 Å². The number of nitro groups is 1. The van der Waals surface area contributed by atoms with Crippen molar-refractivity contribution in [3.63, 3.8) is 0 Å². The Kier molecular flexibility index (Phi) is 2.58. The molecule has 1 heterocycles. The summed E-state index contributed by atoms with van der Waals surface area (Å²) in [5, 5.41) is 10.6. The number of benzene rings is 1. The third-order valence-corrected chi connectivity index (χ3v) is 2.28. The van der Waals surface area contributed by atoms with Gasteiger partial charge in [-0.2, -0.15) is 4.39 Å². The second-order valence-corrected chi connectivity index (χ2v) is 3.41. The van der Waals surface area contributed by atoms with E-state index >= 15 is 0 Å². The lowest BCUT2D eigenvalue weighted by atomic mass is 10.1. The Morgan fingerprint density at radius 1 is 1.41 bits per heavy atom. The van der Waals surface area contributed by atoms with Crippen molar-refractivity contribution in [2.45, 2.75) is 0 Å². The van der Waals surface area contributed by atoms with Crippen molar-refractivity contribution < 1.29 is 13.7 Å². The van der Waals surface area contributed by atoms with Gasteiger partial charge in [0.25, 0.3) is 0 Å². The molecule has 0 amide bonds. The van der Waals surface area contributed by atoms with E-state index < -0.39 is 22.2 Å². The molecule has 0 atom stereocenters. The van der Waals surface area contributed by atoms with Crippen LogP contribution in [-0.4, -0.2) is 14.5 Å². The number of hydrogen-bond acceptors (Lipinski definition) is 3. The molecule has 7 heteroatoms. The Bertz CT molecular complexity index is 595. The molecule has 0 bridgehead atoms. The van der Waals surface area contributed by atoms with Crippen molar-refractivity contribution in [3.8, 4) is 11.4 Å². The number of imidazole rings is 1. The van der Waals surface area contributed by atoms with E-state index in [0.717, 1.165) is 6.07 Å². The van der Waals surface area contributed by atoms with Crippen molar-refractivity contribution in [1.82, 2.24) is 9.55 Å². The Morgan fingerprint density at radius 3 is 2.65 bits per heavy atom. The predicted molar refractivity (Wildman–Crippen MR) is 55.2 cm³/mol. The quantitative estimate of drug-likeness (QED) is 0.596. The molecule has 0 saturated carbocycles. The molecule has 1 aromatic carbocycles. The van der Waals surface area contributed by atoms with Crippen molar-refractivity contribution in [2.24, 2.45) is 7.05 Å². The maximum atomic E-state index is 13.8. The first-order valence-electron chi connectivity index (χ1n) is 4.62. The summed E-state index contributed by atoms with van der Waals surface area (Å²) in [6.07, 6.45) is 2.93. The number of halogens is 2. The number of aromatic nitrogens is 2. The van der Waals surface area contributed by atoms with E-state index in [9.17, 15) is 18.9 Å². The Labute approximate surface area is 94.5 Å². The highest BCUT2D eigenvalue weighted by molar-refractivity contribution is 5.61. The summed E-state index contributed by atoms with van der Waals surface area (Å²) < 4.78 is 28.4. The summed E-state index contributed by atoms with van der Waals surface area (Å²) in [5.74, 6) is -1.84. The van der Waals surface area contributed by atoms with Gasteiger partial charge in [0.05, 0.1) is 16.6 Å². The Hall–Kier alpha value is -2.31. The van der Waals surface area contributed by atoms with Crippen LogP contribution in [0.2, 0.25) is 0 Å². The maximum Gasteiger partial charge on any atom is 0.308 e. The van der Waals surface area contributed by atoms with Crippen LogP contribution in [0.4, 0.5) is 14.5 Å². The SMILES string of the molecule is Cn1ccnc1-c1cc(F)cc([N+](=O)[O-])c1F. The maximum absolute atomic E-state index is 13.8. The van der Waals surface area contributed by atoms with E-state index in [4.69, 9.17) is 0 Å². The minimum atomic E-state index is -1.09. The van der Waals surface area contributed by atoms with Gasteiger partial charge >= 0.3 is 5.69 Å². The standard InChI is InChI=1S/C10H7F2N3O2/c1-14-3-2-13-10(14)7-4-6(11)5-8(9(7)12)15(16)17/h2-5H,1H3. The predicted octanol–water partition coefficient (Wildman–Crippen LogP) is 2.27. The summed E-state index contributed by atoms with van der Waals surface area (Å²) in [6, 6.07) is 1.42. The molecule has 0 fully saturated rings. The average molecular weight is 239 g/mol. The van der Waals surface area contributed by atoms with Gasteiger partial charge in [-0.1, -0.05) is 0 Å². The van der Waals surface area contributed by atoms with Gasteiger partial charge in [-0.25, -0.2) is 9.37 Å². The van der Waals surface area contributed by atoms with Gasteiger partial charge in [-0.15, -0.1) is 0 Å². The molecule has 0 aliphatic heterocycles. The second-order valence-electron chi connectivity index (χ2n) is 3.41. The third kappa shape index (κ3) is 1.86. The summed E-state index contributed by atoms with van der Waals surface area (Å²) in [4.78, 5) is 13.4. The molecule has 0 saturated heterocycles. The number of nitro benzene ring substituents is 1. The minimum Gasteiger partial charge on any atom is -0.334 e. The normalized spacial score (nSPS) is 10.5. The number of nitrogens with zero attached hydrogens (tertiary/aromatic N) is 3. The van der Waals surface area contributed by atoms with Crippen LogP contribution in [0.25, 0.3) is 11.4 Å². The van der Waals surface area contributed by atoms with Crippen LogP contribution in [-0.2, 0) is 7.05 Å². The fraction of sp³-hybridized carbons (Fsp3) is 0.100. The van der Waals surface area contributed by atoms with Crippen LogP contribution < -0.4 is 0 Å². The lowest BCUT2D eigenvalue weighted by Gasteiger charge is -2.04. The average Bonchev–Trinajstić information content (AvgIpc) is 2.67. The first kappa shape index (κ1) is 11.2. The van der Waals surface area contributed by atoms with Gasteiger partial charge in [0, 0.05) is 19.4 Å². The molecular weight excluding hydrogens is 232 g/mol. The van der Waals surface area contributed by atoms with Gasteiger partial charge < -0.3 is 4.57 Å². The van der Waals surface area contributed by atoms with E-state index in [-0.39, 0.29) is 11.4 Å². The molecule has 0 radical (unpaired) electrons. The summed E-state index contributed by atoms with van der Waals surface area (Å²) >= 11 is 0. The van der Waals surface area contributed by atoms with E-state index in [0.29, 0.717) is 6.07 Å². The van der Waals surface area contributed by atoms with Crippen LogP contribution in [0.15, 0.2) is 24.5 Å². The van der Waals surface area contributed by atoms with Crippen LogP contribution in [0, 0.1) is 21.7 Å². The second kappa shape index (κ2) is 3.93. The number of aryl methyl sites for hydroxylation is 1. The lowest BCUT2D eigenvalue weighted by molar-refractivity contribution is -0.387. The molecule has 5 nitrogen and oxygen atoms in total. The number of rotatable bonds is 2. The molecule has 0 aliphatic rings. The van der Waals surface area contributed by atoms with Crippen LogP contribution in [0.3, 0.4) is 0 Å². The topological polar surface area (TPSA) is 61.0 Å². The molecule has 17 heavy (non-hydrogen) atoms. The molecule has 0 N–H and O–H groups in total. The molecule has 88 valence electrons. The van der Waals surface area contributed by atoms with Gasteiger partial charge in [0.15, 0.2) is 0 Å². The highest BCUT2D eigenvalue weighted by Crippen LogP contribution is 2.28. The van der Waals surface area contributed by atoms with Crippen LogP contribution in [0.5, 0.6) is 0 Å². The molecule has 2 rings (SSSR count). The zero-order valence-electron chi connectivity index (χ0n) is 8.72. The van der Waals surface area contributed by atoms with E-state index in [1.807, 2.05) is 0 Å². The monoisotopic (exact) mass is 239 g/mol. The summed E-state index contributed by atoms with van der Waals surface area (Å²) in [5.41, 5.74) is -1.13. The van der Waals surface area contributed by atoms with E-state index in [1.54, 1.807) is 7.05 Å². The Morgan fingerprint density at radius 2 is 2.12 bits per heavy atom. The highest BCUT2D eigenvalue weighted by atomic mass is 19.1. The minimum absolute atomic E-state index is 0.130. The first-order valence-corrected chi connectivity index (χ1v) is 4.62. The zero-order chi connectivity index (χ0) is 12.6. The van der Waals surface area contributed by atoms with Crippen molar-refractivity contribution >= 4 is 5.69 Å². The Balaban J connectivity index is 2.71. The van der Waals surface area contributed by atoms with Gasteiger partial charge in [0.1, 0.15) is 11.6 Å². The molecule has 0 unspecified atom stereocenters. The molecule has 2 aromatic rings. The smallest absolute Gasteiger partial charge is 0.308 e. The fourth-order valence-corrected chi connectivity index (χ4v) is 1.50. The highest BCUT2D eigenvalue weighted by Gasteiger charge is 2.22. The van der Waals surface area contributed by atoms with E-state index in [2.05, 4.69) is 4.98 Å². The number of hydrogen-bond donors (Lipinski definition) is 0. The molecular formula is C10H7F2N3O2. The van der Waals surface area contributed by atoms with Gasteiger partial charge in [0.2, 0.25) is 5.82 Å². The van der Waals surface area contributed by atoms with Gasteiger partial charge in [-0.3, -0.25) is 10.1 Å². The molecule has 0 aliphatic carbocycles. The zero-order valence-corrected chi connectivity index (χ0v) is 8.72. The van der Waals surface area contributed by atoms with Crippen molar-refractivity contribution in [3.05, 3.63) is 46.3 Å². The first-order chi connectivity index (χ1) is 8.00. The summed E-state index contributed by atoms with van der Waals surface area (Å²) in [6.45, 7) is 0. The molecule has 0 spiro atoms. The van der Waals surface area contributed by atoms with Crippen LogP contribution >= 0.6 is 0 Å². The van der Waals surface area contributed by atoms with Crippen LogP contribution in [0.1, 0.15) is 0 Å². The fourth-order valence-electron chi connectivity index (χ4n) is 1.50.